The van der Waals surface area contributed by atoms with E-state index in [1.165, 1.54) is 5.56 Å². The number of aryl methyl sites for hydroxylation is 1. The maximum atomic E-state index is 9.48. The minimum absolute atomic E-state index is 0. The van der Waals surface area contributed by atoms with Gasteiger partial charge in [-0.15, -0.1) is 24.0 Å². The van der Waals surface area contributed by atoms with Crippen molar-refractivity contribution >= 4 is 29.9 Å². The summed E-state index contributed by atoms with van der Waals surface area (Å²) in [6.45, 7) is 8.87. The van der Waals surface area contributed by atoms with E-state index in [9.17, 15) is 5.11 Å². The van der Waals surface area contributed by atoms with Crippen LogP contribution in [-0.2, 0) is 19.7 Å². The molecule has 2 aromatic rings. The van der Waals surface area contributed by atoms with Gasteiger partial charge in [0.2, 0.25) is 0 Å². The van der Waals surface area contributed by atoms with Crippen LogP contribution in [0.2, 0.25) is 0 Å². The van der Waals surface area contributed by atoms with E-state index in [4.69, 9.17) is 9.73 Å². The van der Waals surface area contributed by atoms with Gasteiger partial charge in [-0.05, 0) is 43.0 Å². The van der Waals surface area contributed by atoms with Crippen LogP contribution in [0.3, 0.4) is 0 Å². The third-order valence-electron chi connectivity index (χ3n) is 4.17. The third kappa shape index (κ3) is 7.67. The standard InChI is InChI=1S/C22H31N3O2.HI/c1-4-12-27-21-13-17(3)10-11-19(21)15-25-22(23-5-2)24-14-18-8-6-7-9-20(18)16-26;/h6-11,13,26H,4-5,12,14-16H2,1-3H3,(H2,23,24,25);1H. The van der Waals surface area contributed by atoms with Crippen LogP contribution in [0, 0.1) is 6.92 Å². The Morgan fingerprint density at radius 1 is 1.04 bits per heavy atom. The predicted molar refractivity (Wildman–Crippen MR) is 126 cm³/mol. The molecular weight excluding hydrogens is 465 g/mol. The molecule has 0 aliphatic rings. The lowest BCUT2D eigenvalue weighted by atomic mass is 10.1. The largest absolute Gasteiger partial charge is 0.493 e. The van der Waals surface area contributed by atoms with E-state index in [1.807, 2.05) is 31.2 Å². The Balaban J connectivity index is 0.00000392. The molecule has 0 heterocycles. The number of halogens is 1. The Morgan fingerprint density at radius 2 is 1.79 bits per heavy atom. The maximum Gasteiger partial charge on any atom is 0.191 e. The van der Waals surface area contributed by atoms with Crippen molar-refractivity contribution in [1.82, 2.24) is 10.6 Å². The summed E-state index contributed by atoms with van der Waals surface area (Å²) in [5, 5.41) is 16.1. The molecule has 0 fully saturated rings. The summed E-state index contributed by atoms with van der Waals surface area (Å²) in [6.07, 6.45) is 0.977. The van der Waals surface area contributed by atoms with Crippen molar-refractivity contribution in [1.29, 1.82) is 0 Å². The lowest BCUT2D eigenvalue weighted by molar-refractivity contribution is 0.280. The molecule has 6 heteroatoms. The SMILES string of the molecule is CCCOc1cc(C)ccc1CN=C(NCC)NCc1ccccc1CO.I. The Morgan fingerprint density at radius 3 is 2.46 bits per heavy atom. The number of aliphatic hydroxyl groups excluding tert-OH is 1. The van der Waals surface area contributed by atoms with Crippen molar-refractivity contribution in [3.8, 4) is 5.75 Å². The monoisotopic (exact) mass is 497 g/mol. The van der Waals surface area contributed by atoms with Gasteiger partial charge in [-0.3, -0.25) is 0 Å². The van der Waals surface area contributed by atoms with Crippen molar-refractivity contribution in [3.05, 3.63) is 64.7 Å². The first kappa shape index (κ1) is 24.2. The molecule has 0 saturated heterocycles. The second-order valence-corrected chi connectivity index (χ2v) is 6.44. The summed E-state index contributed by atoms with van der Waals surface area (Å²) in [4.78, 5) is 4.70. The fourth-order valence-electron chi connectivity index (χ4n) is 2.71. The van der Waals surface area contributed by atoms with Gasteiger partial charge in [-0.1, -0.05) is 43.3 Å². The van der Waals surface area contributed by atoms with E-state index in [0.29, 0.717) is 19.7 Å². The van der Waals surface area contributed by atoms with Crippen molar-refractivity contribution in [2.75, 3.05) is 13.2 Å². The molecular formula is C22H32IN3O2. The number of rotatable bonds is 9. The van der Waals surface area contributed by atoms with Crippen molar-refractivity contribution < 1.29 is 9.84 Å². The molecule has 0 saturated carbocycles. The van der Waals surface area contributed by atoms with E-state index in [1.54, 1.807) is 0 Å². The molecule has 0 aromatic heterocycles. The molecule has 0 bridgehead atoms. The molecule has 0 aliphatic carbocycles. The van der Waals surface area contributed by atoms with Gasteiger partial charge in [0.05, 0.1) is 19.8 Å². The molecule has 0 unspecified atom stereocenters. The Bertz CT molecular complexity index is 750. The molecule has 0 radical (unpaired) electrons. The predicted octanol–water partition coefficient (Wildman–Crippen LogP) is 4.15. The van der Waals surface area contributed by atoms with Gasteiger partial charge in [-0.25, -0.2) is 4.99 Å². The second-order valence-electron chi connectivity index (χ2n) is 6.44. The highest BCUT2D eigenvalue weighted by atomic mass is 127. The molecule has 3 N–H and O–H groups in total. The zero-order valence-electron chi connectivity index (χ0n) is 17.0. The quantitative estimate of drug-likeness (QED) is 0.277. The summed E-state index contributed by atoms with van der Waals surface area (Å²) in [7, 11) is 0. The first-order valence-electron chi connectivity index (χ1n) is 9.60. The van der Waals surface area contributed by atoms with Crippen molar-refractivity contribution in [2.45, 2.75) is 46.9 Å². The Kier molecular flexibility index (Phi) is 11.6. The summed E-state index contributed by atoms with van der Waals surface area (Å²) in [5.74, 6) is 1.65. The topological polar surface area (TPSA) is 65.9 Å². The molecule has 28 heavy (non-hydrogen) atoms. The second kappa shape index (κ2) is 13.4. The van der Waals surface area contributed by atoms with Gasteiger partial charge in [0.1, 0.15) is 5.75 Å². The van der Waals surface area contributed by atoms with Gasteiger partial charge in [0.25, 0.3) is 0 Å². The van der Waals surface area contributed by atoms with Crippen LogP contribution in [0.4, 0.5) is 0 Å². The number of nitrogens with one attached hydrogen (secondary N) is 2. The molecule has 154 valence electrons. The van der Waals surface area contributed by atoms with Crippen LogP contribution in [-0.4, -0.2) is 24.2 Å². The van der Waals surface area contributed by atoms with E-state index in [0.717, 1.165) is 41.4 Å². The first-order chi connectivity index (χ1) is 13.2. The van der Waals surface area contributed by atoms with Crippen LogP contribution < -0.4 is 15.4 Å². The van der Waals surface area contributed by atoms with Crippen LogP contribution in [0.25, 0.3) is 0 Å². The zero-order chi connectivity index (χ0) is 19.5. The van der Waals surface area contributed by atoms with Crippen LogP contribution >= 0.6 is 24.0 Å². The van der Waals surface area contributed by atoms with E-state index in [2.05, 4.69) is 42.7 Å². The number of aliphatic imine (C=N–C) groups is 1. The summed E-state index contributed by atoms with van der Waals surface area (Å²) < 4.78 is 5.88. The molecule has 0 spiro atoms. The molecule has 0 atom stereocenters. The molecule has 5 nitrogen and oxygen atoms in total. The van der Waals surface area contributed by atoms with Crippen LogP contribution in [0.1, 0.15) is 42.5 Å². The summed E-state index contributed by atoms with van der Waals surface area (Å²) in [6, 6.07) is 14.1. The molecule has 0 aliphatic heterocycles. The lowest BCUT2D eigenvalue weighted by Gasteiger charge is -2.14. The number of benzene rings is 2. The third-order valence-corrected chi connectivity index (χ3v) is 4.17. The van der Waals surface area contributed by atoms with Gasteiger partial charge in [0.15, 0.2) is 5.96 Å². The van der Waals surface area contributed by atoms with E-state index in [-0.39, 0.29) is 30.6 Å². The lowest BCUT2D eigenvalue weighted by Crippen LogP contribution is -2.37. The normalized spacial score (nSPS) is 10.9. The maximum absolute atomic E-state index is 9.48. The van der Waals surface area contributed by atoms with Gasteiger partial charge in [0, 0.05) is 18.7 Å². The Hall–Kier alpha value is -1.80. The van der Waals surface area contributed by atoms with Gasteiger partial charge >= 0.3 is 0 Å². The first-order valence-corrected chi connectivity index (χ1v) is 9.60. The summed E-state index contributed by atoms with van der Waals surface area (Å²) >= 11 is 0. The highest BCUT2D eigenvalue weighted by Gasteiger charge is 2.06. The number of ether oxygens (including phenoxy) is 1. The average molecular weight is 497 g/mol. The van der Waals surface area contributed by atoms with Gasteiger partial charge in [-0.2, -0.15) is 0 Å². The van der Waals surface area contributed by atoms with Crippen LogP contribution in [0.5, 0.6) is 5.75 Å². The fraction of sp³-hybridized carbons (Fsp3) is 0.409. The number of nitrogens with zero attached hydrogens (tertiary/aromatic N) is 1. The summed E-state index contributed by atoms with van der Waals surface area (Å²) in [5.41, 5.74) is 4.24. The van der Waals surface area contributed by atoms with E-state index < -0.39 is 0 Å². The molecule has 2 aromatic carbocycles. The Labute approximate surface area is 185 Å². The van der Waals surface area contributed by atoms with Gasteiger partial charge < -0.3 is 20.5 Å². The molecule has 0 amide bonds. The number of hydrogen-bond donors (Lipinski definition) is 3. The van der Waals surface area contributed by atoms with E-state index >= 15 is 0 Å². The minimum atomic E-state index is 0. The van der Waals surface area contributed by atoms with Crippen molar-refractivity contribution in [3.63, 3.8) is 0 Å². The number of hydrogen-bond acceptors (Lipinski definition) is 3. The highest BCUT2D eigenvalue weighted by molar-refractivity contribution is 14.0. The number of guanidine groups is 1. The minimum Gasteiger partial charge on any atom is -0.493 e. The number of aliphatic hydroxyl groups is 1. The fourth-order valence-corrected chi connectivity index (χ4v) is 2.71. The average Bonchev–Trinajstić information content (AvgIpc) is 2.69. The van der Waals surface area contributed by atoms with Crippen LogP contribution in [0.15, 0.2) is 47.5 Å². The van der Waals surface area contributed by atoms with Crippen molar-refractivity contribution in [2.24, 2.45) is 4.99 Å². The zero-order valence-corrected chi connectivity index (χ0v) is 19.3. The smallest absolute Gasteiger partial charge is 0.191 e. The highest BCUT2D eigenvalue weighted by Crippen LogP contribution is 2.21. The molecule has 2 rings (SSSR count).